The monoisotopic (exact) mass is 305 g/mol. The van der Waals surface area contributed by atoms with Crippen LogP contribution in [0.15, 0.2) is 41.4 Å². The highest BCUT2D eigenvalue weighted by Gasteiger charge is 2.07. The Bertz CT molecular complexity index is 817. The van der Waals surface area contributed by atoms with E-state index in [1.165, 1.54) is 6.07 Å². The quantitative estimate of drug-likeness (QED) is 0.750. The first-order valence-corrected chi connectivity index (χ1v) is 7.38. The lowest BCUT2D eigenvalue weighted by molar-refractivity contribution is 0.300. The number of hydrogen-bond donors (Lipinski definition) is 0. The maximum Gasteiger partial charge on any atom is 0.425 e. The fraction of sp³-hybridized carbons (Fsp3) is 0.438. The zero-order valence-corrected chi connectivity index (χ0v) is 12.8. The van der Waals surface area contributed by atoms with E-state index in [-0.39, 0.29) is 11.0 Å². The van der Waals surface area contributed by atoms with Crippen molar-refractivity contribution in [2.24, 2.45) is 0 Å². The summed E-state index contributed by atoms with van der Waals surface area (Å²) in [5.74, 6) is 0. The van der Waals surface area contributed by atoms with Crippen LogP contribution in [-0.4, -0.2) is 24.5 Å². The molecule has 0 saturated carbocycles. The molecule has 2 aromatic rings. The third kappa shape index (κ3) is 3.71. The molecule has 1 heterocycles. The third-order valence-corrected chi connectivity index (χ3v) is 3.65. The van der Waals surface area contributed by atoms with Crippen LogP contribution >= 0.6 is 0 Å². The Morgan fingerprint density at radius 2 is 1.64 bits per heavy atom. The third-order valence-electron chi connectivity index (χ3n) is 3.65. The first kappa shape index (κ1) is 16.2. The van der Waals surface area contributed by atoms with Gasteiger partial charge < -0.3 is 13.7 Å². The fourth-order valence-corrected chi connectivity index (χ4v) is 2.34. The van der Waals surface area contributed by atoms with Crippen LogP contribution < -0.4 is 16.9 Å². The minimum atomic E-state index is -1.29. The van der Waals surface area contributed by atoms with Gasteiger partial charge in [0.15, 0.2) is 0 Å². The summed E-state index contributed by atoms with van der Waals surface area (Å²) in [5.41, 5.74) is -2.29. The van der Waals surface area contributed by atoms with E-state index in [4.69, 9.17) is 4.42 Å². The summed E-state index contributed by atoms with van der Waals surface area (Å²) in [5, 5.41) is 0.0895. The fourth-order valence-electron chi connectivity index (χ4n) is 2.34. The van der Waals surface area contributed by atoms with Crippen molar-refractivity contribution in [3.63, 3.8) is 0 Å². The van der Waals surface area contributed by atoms with Gasteiger partial charge >= 0.3 is 16.9 Å². The van der Waals surface area contributed by atoms with E-state index in [1.54, 1.807) is 12.1 Å². The van der Waals surface area contributed by atoms with Gasteiger partial charge in [-0.25, -0.2) is 14.4 Å². The van der Waals surface area contributed by atoms with Crippen LogP contribution in [0.1, 0.15) is 25.8 Å². The average molecular weight is 305 g/mol. The lowest BCUT2D eigenvalue weighted by atomic mass is 10.1. The van der Waals surface area contributed by atoms with Crippen LogP contribution in [-0.2, 0) is 6.42 Å². The minimum absolute atomic E-state index is 0.0844. The maximum atomic E-state index is 11.7. The Morgan fingerprint density at radius 3 is 2.32 bits per heavy atom. The van der Waals surface area contributed by atoms with Gasteiger partial charge in [-0.05, 0) is 50.2 Å². The molecule has 6 heteroatoms. The predicted molar refractivity (Wildman–Crippen MR) is 83.4 cm³/mol. The molecule has 1 aromatic heterocycles. The highest BCUT2D eigenvalue weighted by Crippen LogP contribution is 2.12. The lowest BCUT2D eigenvalue weighted by Crippen LogP contribution is -2.24. The molecule has 22 heavy (non-hydrogen) atoms. The molecule has 0 N–H and O–H groups in total. The Kier molecular flexibility index (Phi) is 5.27. The Morgan fingerprint density at radius 1 is 0.955 bits per heavy atom. The molecule has 118 valence electrons. The normalized spacial score (nSPS) is 11.2. The molecule has 2 rings (SSSR count). The second-order valence-electron chi connectivity index (χ2n) is 5.03. The number of fused-ring (bicyclic) bond motifs is 1. The smallest absolute Gasteiger partial charge is 0.417 e. The van der Waals surface area contributed by atoms with Crippen molar-refractivity contribution in [1.82, 2.24) is 4.90 Å². The second-order valence-corrected chi connectivity index (χ2v) is 5.03. The number of nitrogens with zero attached hydrogens (tertiary/aromatic N) is 1. The Balaban J connectivity index is 2.28. The summed E-state index contributed by atoms with van der Waals surface area (Å²) >= 11 is 0. The summed E-state index contributed by atoms with van der Waals surface area (Å²) in [7, 11) is 0. The molecule has 6 nitrogen and oxygen atoms in total. The van der Waals surface area contributed by atoms with E-state index in [1.807, 2.05) is 0 Å². The lowest BCUT2D eigenvalue weighted by Gasteiger charge is -2.17. The highest BCUT2D eigenvalue weighted by atomic mass is 16.5. The van der Waals surface area contributed by atoms with Crippen molar-refractivity contribution in [3.05, 3.63) is 55.0 Å². The van der Waals surface area contributed by atoms with Crippen LogP contribution in [0.2, 0.25) is 0 Å². The number of benzene rings is 1. The predicted octanol–water partition coefficient (Wildman–Crippen LogP) is 1.38. The van der Waals surface area contributed by atoms with Gasteiger partial charge in [-0.1, -0.05) is 19.9 Å². The first-order valence-electron chi connectivity index (χ1n) is 7.38. The maximum absolute atomic E-state index is 11.7. The molecule has 1 aromatic carbocycles. The molecule has 0 atom stereocenters. The van der Waals surface area contributed by atoms with Crippen LogP contribution in [0.4, 0.5) is 0 Å². The largest absolute Gasteiger partial charge is 0.425 e. The minimum Gasteiger partial charge on any atom is -0.417 e. The van der Waals surface area contributed by atoms with Gasteiger partial charge in [-0.15, -0.1) is 0 Å². The van der Waals surface area contributed by atoms with Crippen molar-refractivity contribution in [2.75, 3.05) is 19.6 Å². The molecule has 0 radical (unpaired) electrons. The molecule has 0 unspecified atom stereocenters. The van der Waals surface area contributed by atoms with Crippen molar-refractivity contribution in [1.29, 1.82) is 0 Å². The van der Waals surface area contributed by atoms with Gasteiger partial charge in [0.2, 0.25) is 0 Å². The number of aryl methyl sites for hydroxylation is 1. The first-order chi connectivity index (χ1) is 10.5. The van der Waals surface area contributed by atoms with E-state index in [0.29, 0.717) is 0 Å². The van der Waals surface area contributed by atoms with Gasteiger partial charge in [0.25, 0.3) is 0 Å². The van der Waals surface area contributed by atoms with Crippen LogP contribution in [0, 0.1) is 0 Å². The SMILES string of the molecule is CCN(CC)CCCc1ccc2c(=O)oc(=O)c(=O)oc2c1. The topological polar surface area (TPSA) is 80.7 Å². The van der Waals surface area contributed by atoms with E-state index < -0.39 is 16.9 Å². The van der Waals surface area contributed by atoms with Crippen LogP contribution in [0.3, 0.4) is 0 Å². The van der Waals surface area contributed by atoms with Gasteiger partial charge in [-0.2, -0.15) is 0 Å². The molecule has 0 aliphatic heterocycles. The molecule has 0 bridgehead atoms. The second kappa shape index (κ2) is 7.17. The molecule has 0 aliphatic carbocycles. The van der Waals surface area contributed by atoms with Gasteiger partial charge in [-0.3, -0.25) is 0 Å². The summed E-state index contributed by atoms with van der Waals surface area (Å²) < 4.78 is 9.28. The zero-order valence-electron chi connectivity index (χ0n) is 12.8. The van der Waals surface area contributed by atoms with E-state index in [0.717, 1.165) is 38.0 Å². The Hall–Kier alpha value is -2.21. The standard InChI is InChI=1S/C16H19NO5/c1-3-17(4-2)9-5-6-11-7-8-12-13(10-11)21-15(19)16(20)22-14(12)18/h7-8,10H,3-6,9H2,1-2H3. The number of rotatable bonds is 6. The van der Waals surface area contributed by atoms with Crippen LogP contribution in [0.25, 0.3) is 11.0 Å². The summed E-state index contributed by atoms with van der Waals surface area (Å²) in [6, 6.07) is 4.93. The van der Waals surface area contributed by atoms with E-state index in [9.17, 15) is 14.4 Å². The molecule has 0 amide bonds. The van der Waals surface area contributed by atoms with Crippen molar-refractivity contribution in [2.45, 2.75) is 26.7 Å². The molecule has 0 saturated heterocycles. The average Bonchev–Trinajstić information content (AvgIpc) is 2.61. The van der Waals surface area contributed by atoms with Gasteiger partial charge in [0, 0.05) is 0 Å². The van der Waals surface area contributed by atoms with Crippen LogP contribution in [0.5, 0.6) is 0 Å². The molecular formula is C16H19NO5. The van der Waals surface area contributed by atoms with Crippen molar-refractivity contribution in [3.8, 4) is 0 Å². The molecule has 0 aliphatic rings. The van der Waals surface area contributed by atoms with Gasteiger partial charge in [0.05, 0.1) is 0 Å². The highest BCUT2D eigenvalue weighted by molar-refractivity contribution is 5.75. The Labute approximate surface area is 127 Å². The zero-order chi connectivity index (χ0) is 16.1. The molecule has 0 fully saturated rings. The molecular weight excluding hydrogens is 286 g/mol. The van der Waals surface area contributed by atoms with Crippen molar-refractivity contribution >= 4 is 11.0 Å². The molecule has 0 spiro atoms. The van der Waals surface area contributed by atoms with Gasteiger partial charge in [0.1, 0.15) is 11.0 Å². The van der Waals surface area contributed by atoms with E-state index >= 15 is 0 Å². The van der Waals surface area contributed by atoms with Crippen molar-refractivity contribution < 1.29 is 8.83 Å². The number of hydrogen-bond acceptors (Lipinski definition) is 6. The van der Waals surface area contributed by atoms with E-state index in [2.05, 4.69) is 23.2 Å². The summed E-state index contributed by atoms with van der Waals surface area (Å²) in [6.45, 7) is 7.23. The summed E-state index contributed by atoms with van der Waals surface area (Å²) in [6.07, 6.45) is 1.75. The summed E-state index contributed by atoms with van der Waals surface area (Å²) in [4.78, 5) is 36.5.